The summed E-state index contributed by atoms with van der Waals surface area (Å²) in [5.41, 5.74) is 1.30. The fraction of sp³-hybridized carbons (Fsp3) is 0.292. The summed E-state index contributed by atoms with van der Waals surface area (Å²) in [6, 6.07) is 11.0. The first kappa shape index (κ1) is 25.2. The minimum Gasteiger partial charge on any atom is -0.493 e. The lowest BCUT2D eigenvalue weighted by molar-refractivity contribution is -0.384. The Hall–Kier alpha value is -3.90. The highest BCUT2D eigenvalue weighted by Gasteiger charge is 2.37. The number of thioether (sulfide) groups is 1. The average Bonchev–Trinajstić information content (AvgIpc) is 3.15. The van der Waals surface area contributed by atoms with Gasteiger partial charge in [-0.05, 0) is 53.2 Å². The van der Waals surface area contributed by atoms with Gasteiger partial charge in [0.15, 0.2) is 11.5 Å². The maximum absolute atomic E-state index is 12.8. The highest BCUT2D eigenvalue weighted by molar-refractivity contribution is 8.18. The van der Waals surface area contributed by atoms with Gasteiger partial charge in [0.1, 0.15) is 13.2 Å². The average molecular weight is 514 g/mol. The molecule has 2 aromatic carbocycles. The number of hydrogen-bond donors (Lipinski definition) is 0. The normalized spacial score (nSPS) is 17.0. The van der Waals surface area contributed by atoms with Crippen molar-refractivity contribution in [3.63, 3.8) is 0 Å². The molecule has 0 atom stereocenters. The molecule has 188 valence electrons. The number of methoxy groups -OCH3 is 1. The number of nitrogens with zero attached hydrogens (tertiary/aromatic N) is 3. The first-order valence-electron chi connectivity index (χ1n) is 11.0. The molecule has 11 nitrogen and oxygen atoms in total. The topological polar surface area (TPSA) is 129 Å². The summed E-state index contributed by atoms with van der Waals surface area (Å²) >= 11 is 0.771. The third kappa shape index (κ3) is 5.83. The van der Waals surface area contributed by atoms with Crippen LogP contribution in [0.1, 0.15) is 11.1 Å². The summed E-state index contributed by atoms with van der Waals surface area (Å²) in [6.45, 7) is 1.55. The molecule has 2 aliphatic rings. The van der Waals surface area contributed by atoms with Crippen LogP contribution in [0.5, 0.6) is 11.5 Å². The number of non-ortho nitro benzene ring substituents is 1. The van der Waals surface area contributed by atoms with E-state index in [4.69, 9.17) is 14.2 Å². The molecule has 0 radical (unpaired) electrons. The van der Waals surface area contributed by atoms with E-state index in [9.17, 15) is 24.5 Å². The summed E-state index contributed by atoms with van der Waals surface area (Å²) in [5.74, 6) is 0.0219. The van der Waals surface area contributed by atoms with Crippen molar-refractivity contribution in [2.75, 3.05) is 40.0 Å². The number of rotatable bonds is 8. The van der Waals surface area contributed by atoms with Crippen LogP contribution in [0.25, 0.3) is 6.08 Å². The van der Waals surface area contributed by atoms with Crippen LogP contribution in [0, 0.1) is 10.1 Å². The Kier molecular flexibility index (Phi) is 7.86. The van der Waals surface area contributed by atoms with Crippen molar-refractivity contribution in [3.05, 3.63) is 68.6 Å². The van der Waals surface area contributed by atoms with E-state index < -0.39 is 16.1 Å². The van der Waals surface area contributed by atoms with Gasteiger partial charge in [-0.25, -0.2) is 0 Å². The number of hydrogen-bond acceptors (Lipinski definition) is 9. The number of nitro groups is 1. The molecule has 3 amide bonds. The van der Waals surface area contributed by atoms with Crippen molar-refractivity contribution in [2.45, 2.75) is 6.61 Å². The van der Waals surface area contributed by atoms with Crippen LogP contribution in [0.3, 0.4) is 0 Å². The van der Waals surface area contributed by atoms with E-state index >= 15 is 0 Å². The first-order valence-corrected chi connectivity index (χ1v) is 11.8. The van der Waals surface area contributed by atoms with Crippen molar-refractivity contribution in [1.82, 2.24) is 9.80 Å². The fourth-order valence-electron chi connectivity index (χ4n) is 3.61. The molecule has 0 bridgehead atoms. The predicted molar refractivity (Wildman–Crippen MR) is 130 cm³/mol. The highest BCUT2D eigenvalue weighted by atomic mass is 32.2. The molecule has 2 aromatic rings. The molecule has 2 fully saturated rings. The second kappa shape index (κ2) is 11.2. The van der Waals surface area contributed by atoms with Gasteiger partial charge >= 0.3 is 0 Å². The first-order chi connectivity index (χ1) is 17.4. The van der Waals surface area contributed by atoms with Crippen molar-refractivity contribution in [3.8, 4) is 11.5 Å². The van der Waals surface area contributed by atoms with E-state index in [-0.39, 0.29) is 29.7 Å². The lowest BCUT2D eigenvalue weighted by Gasteiger charge is -2.28. The molecule has 0 spiro atoms. The minimum atomic E-state index is -0.532. The highest BCUT2D eigenvalue weighted by Crippen LogP contribution is 2.35. The number of nitro benzene ring substituents is 1. The van der Waals surface area contributed by atoms with Crippen LogP contribution >= 0.6 is 11.8 Å². The molecule has 0 N–H and O–H groups in total. The lowest BCUT2D eigenvalue weighted by Crippen LogP contribution is -2.46. The van der Waals surface area contributed by atoms with Crippen molar-refractivity contribution >= 4 is 40.6 Å². The Balaban J connectivity index is 1.45. The summed E-state index contributed by atoms with van der Waals surface area (Å²) in [7, 11) is 1.49. The van der Waals surface area contributed by atoms with E-state index in [2.05, 4.69) is 0 Å². The standard InChI is InChI=1S/C24H23N3O8S/c1-33-19-7-4-17(12-20(19)35-15-16-2-5-18(6-3-16)27(31)32)13-21-23(29)26(24(30)36-21)14-22(28)25-8-10-34-11-9-25/h2-7,12-13H,8-11,14-15H2,1H3/b21-13-. The number of imide groups is 1. The molecule has 12 heteroatoms. The predicted octanol–water partition coefficient (Wildman–Crippen LogP) is 3.08. The summed E-state index contributed by atoms with van der Waals surface area (Å²) < 4.78 is 16.4. The van der Waals surface area contributed by atoms with Crippen LogP contribution < -0.4 is 9.47 Å². The van der Waals surface area contributed by atoms with Crippen LogP contribution in [0.2, 0.25) is 0 Å². The molecular formula is C24H23N3O8S. The molecule has 2 heterocycles. The molecule has 2 aliphatic heterocycles. The zero-order valence-electron chi connectivity index (χ0n) is 19.4. The largest absolute Gasteiger partial charge is 0.493 e. The number of ether oxygens (including phenoxy) is 3. The molecule has 0 aliphatic carbocycles. The third-order valence-electron chi connectivity index (χ3n) is 5.56. The van der Waals surface area contributed by atoms with Crippen molar-refractivity contribution in [2.24, 2.45) is 0 Å². The molecule has 0 unspecified atom stereocenters. The van der Waals surface area contributed by atoms with Gasteiger partial charge in [0.05, 0.1) is 30.2 Å². The summed E-state index contributed by atoms with van der Waals surface area (Å²) in [5, 5.41) is 10.3. The van der Waals surface area contributed by atoms with E-state index in [1.807, 2.05) is 0 Å². The Morgan fingerprint density at radius 1 is 1.14 bits per heavy atom. The van der Waals surface area contributed by atoms with Gasteiger partial charge < -0.3 is 19.1 Å². The summed E-state index contributed by atoms with van der Waals surface area (Å²) in [6.07, 6.45) is 1.56. The van der Waals surface area contributed by atoms with E-state index in [0.717, 1.165) is 22.2 Å². The van der Waals surface area contributed by atoms with E-state index in [1.54, 1.807) is 41.3 Å². The number of benzene rings is 2. The smallest absolute Gasteiger partial charge is 0.294 e. The summed E-state index contributed by atoms with van der Waals surface area (Å²) in [4.78, 5) is 50.9. The quantitative estimate of drug-likeness (QED) is 0.297. The Morgan fingerprint density at radius 3 is 2.53 bits per heavy atom. The van der Waals surface area contributed by atoms with Crippen LogP contribution in [-0.4, -0.2) is 71.7 Å². The molecule has 0 aromatic heterocycles. The maximum Gasteiger partial charge on any atom is 0.294 e. The zero-order chi connectivity index (χ0) is 25.7. The molecule has 0 saturated carbocycles. The number of morpholine rings is 1. The third-order valence-corrected chi connectivity index (χ3v) is 6.47. The van der Waals surface area contributed by atoms with E-state index in [1.165, 1.54) is 19.2 Å². The van der Waals surface area contributed by atoms with Gasteiger partial charge in [0.2, 0.25) is 5.91 Å². The number of carbonyl (C=O) groups excluding carboxylic acids is 3. The zero-order valence-corrected chi connectivity index (χ0v) is 20.2. The van der Waals surface area contributed by atoms with Crippen molar-refractivity contribution < 1.29 is 33.5 Å². The van der Waals surface area contributed by atoms with Gasteiger partial charge in [-0.15, -0.1) is 0 Å². The Morgan fingerprint density at radius 2 is 1.86 bits per heavy atom. The maximum atomic E-state index is 12.8. The van der Waals surface area contributed by atoms with Crippen LogP contribution in [-0.2, 0) is 20.9 Å². The number of amides is 3. The number of carbonyl (C=O) groups is 3. The van der Waals surface area contributed by atoms with Gasteiger partial charge in [-0.3, -0.25) is 29.4 Å². The van der Waals surface area contributed by atoms with Crippen LogP contribution in [0.4, 0.5) is 10.5 Å². The lowest BCUT2D eigenvalue weighted by atomic mass is 10.1. The van der Waals surface area contributed by atoms with Gasteiger partial charge in [0, 0.05) is 25.2 Å². The minimum absolute atomic E-state index is 0.0149. The van der Waals surface area contributed by atoms with Crippen molar-refractivity contribution in [1.29, 1.82) is 0 Å². The molecular weight excluding hydrogens is 490 g/mol. The molecule has 36 heavy (non-hydrogen) atoms. The Bertz CT molecular complexity index is 1210. The second-order valence-corrected chi connectivity index (χ2v) is 8.88. The second-order valence-electron chi connectivity index (χ2n) is 7.88. The van der Waals surface area contributed by atoms with Crippen LogP contribution in [0.15, 0.2) is 47.4 Å². The Labute approximate surface area is 210 Å². The van der Waals surface area contributed by atoms with E-state index in [0.29, 0.717) is 43.4 Å². The molecule has 2 saturated heterocycles. The SMILES string of the molecule is COc1ccc(/C=C2\SC(=O)N(CC(=O)N3CCOCC3)C2=O)cc1OCc1ccc([N+](=O)[O-])cc1. The fourth-order valence-corrected chi connectivity index (χ4v) is 4.44. The van der Waals surface area contributed by atoms with Gasteiger partial charge in [-0.2, -0.15) is 0 Å². The monoisotopic (exact) mass is 513 g/mol. The van der Waals surface area contributed by atoms with Gasteiger partial charge in [0.25, 0.3) is 16.8 Å². The van der Waals surface area contributed by atoms with Gasteiger partial charge in [-0.1, -0.05) is 6.07 Å². The molecule has 4 rings (SSSR count).